The monoisotopic (exact) mass is 372 g/mol. The Kier molecular flexibility index (Phi) is 5.23. The highest BCUT2D eigenvalue weighted by Gasteiger charge is 2.17. The molecule has 0 fully saturated rings. The lowest BCUT2D eigenvalue weighted by atomic mass is 9.96. The number of halogens is 1. The third kappa shape index (κ3) is 3.55. The van der Waals surface area contributed by atoms with Gasteiger partial charge < -0.3 is 9.47 Å². The number of aliphatic imine (C=N–C) groups is 1. The molecule has 134 valence electrons. The van der Waals surface area contributed by atoms with Crippen molar-refractivity contribution in [3.8, 4) is 11.5 Å². The van der Waals surface area contributed by atoms with Crippen LogP contribution in [0.5, 0.6) is 11.5 Å². The standard InChI is InChI=1S/C19H17ClN2O4/c1-25-18-10-12-7-8-21-17(15(12)11-19(18)26-2)6-3-13-9-14(22(23)24)4-5-16(13)20/h3-6,9-11H,7-8H2,1-2H3/b6-3-. The molecule has 7 heteroatoms. The van der Waals surface area contributed by atoms with Crippen LogP contribution in [0.3, 0.4) is 0 Å². The summed E-state index contributed by atoms with van der Waals surface area (Å²) in [7, 11) is 3.19. The summed E-state index contributed by atoms with van der Waals surface area (Å²) in [4.78, 5) is 15.1. The van der Waals surface area contributed by atoms with Crippen molar-refractivity contribution in [2.24, 2.45) is 4.99 Å². The van der Waals surface area contributed by atoms with Gasteiger partial charge in [0.05, 0.1) is 24.9 Å². The van der Waals surface area contributed by atoms with E-state index in [-0.39, 0.29) is 5.69 Å². The van der Waals surface area contributed by atoms with E-state index in [2.05, 4.69) is 4.99 Å². The van der Waals surface area contributed by atoms with Gasteiger partial charge in [-0.1, -0.05) is 17.7 Å². The molecule has 2 aromatic rings. The van der Waals surface area contributed by atoms with Crippen molar-refractivity contribution in [1.82, 2.24) is 0 Å². The maximum atomic E-state index is 11.0. The fraction of sp³-hybridized carbons (Fsp3) is 0.211. The number of non-ortho nitro benzene ring substituents is 1. The number of nitrogens with zero attached hydrogens (tertiary/aromatic N) is 2. The molecule has 0 bridgehead atoms. The van der Waals surface area contributed by atoms with Gasteiger partial charge in [0.1, 0.15) is 0 Å². The number of nitro groups is 1. The first-order valence-corrected chi connectivity index (χ1v) is 8.33. The lowest BCUT2D eigenvalue weighted by Gasteiger charge is -2.18. The third-order valence-corrected chi connectivity index (χ3v) is 4.50. The van der Waals surface area contributed by atoms with Gasteiger partial charge in [0.2, 0.25) is 0 Å². The van der Waals surface area contributed by atoms with Gasteiger partial charge in [0.15, 0.2) is 11.5 Å². The average molecular weight is 373 g/mol. The van der Waals surface area contributed by atoms with Crippen LogP contribution in [0.1, 0.15) is 16.7 Å². The molecule has 3 rings (SSSR count). The summed E-state index contributed by atoms with van der Waals surface area (Å²) >= 11 is 6.16. The molecule has 0 saturated heterocycles. The lowest BCUT2D eigenvalue weighted by Crippen LogP contribution is -2.11. The second-order valence-electron chi connectivity index (χ2n) is 5.68. The number of nitro benzene ring substituents is 1. The van der Waals surface area contributed by atoms with Gasteiger partial charge in [-0.15, -0.1) is 0 Å². The molecule has 0 saturated carbocycles. The van der Waals surface area contributed by atoms with Crippen molar-refractivity contribution in [3.63, 3.8) is 0 Å². The number of hydrogen-bond donors (Lipinski definition) is 0. The number of rotatable bonds is 5. The quantitative estimate of drug-likeness (QED) is 0.578. The smallest absolute Gasteiger partial charge is 0.270 e. The van der Waals surface area contributed by atoms with Crippen molar-refractivity contribution in [1.29, 1.82) is 0 Å². The summed E-state index contributed by atoms with van der Waals surface area (Å²) in [6, 6.07) is 8.19. The van der Waals surface area contributed by atoms with Crippen molar-refractivity contribution in [2.75, 3.05) is 20.8 Å². The Labute approximate surface area is 155 Å². The van der Waals surface area contributed by atoms with E-state index in [0.717, 1.165) is 23.3 Å². The van der Waals surface area contributed by atoms with Crippen LogP contribution >= 0.6 is 11.6 Å². The molecule has 0 radical (unpaired) electrons. The molecule has 0 N–H and O–H groups in total. The molecule has 1 aliphatic heterocycles. The highest BCUT2D eigenvalue weighted by molar-refractivity contribution is 6.32. The molecule has 26 heavy (non-hydrogen) atoms. The normalized spacial score (nSPS) is 13.3. The Morgan fingerprint density at radius 2 is 1.88 bits per heavy atom. The van der Waals surface area contributed by atoms with Gasteiger partial charge in [0.25, 0.3) is 5.69 Å². The van der Waals surface area contributed by atoms with Crippen molar-refractivity contribution in [2.45, 2.75) is 6.42 Å². The Bertz CT molecular complexity index is 922. The third-order valence-electron chi connectivity index (χ3n) is 4.16. The predicted octanol–water partition coefficient (Wildman–Crippen LogP) is 4.32. The second kappa shape index (κ2) is 7.58. The van der Waals surface area contributed by atoms with Crippen LogP contribution in [0.15, 0.2) is 41.4 Å². The fourth-order valence-corrected chi connectivity index (χ4v) is 3.01. The molecule has 0 aromatic heterocycles. The predicted molar refractivity (Wildman–Crippen MR) is 102 cm³/mol. The molecular formula is C19H17ClN2O4. The first kappa shape index (κ1) is 17.9. The van der Waals surface area contributed by atoms with Crippen LogP contribution in [0.2, 0.25) is 5.02 Å². The van der Waals surface area contributed by atoms with Crippen LogP contribution in [-0.4, -0.2) is 31.4 Å². The summed E-state index contributed by atoms with van der Waals surface area (Å²) in [5, 5.41) is 11.4. The van der Waals surface area contributed by atoms with Gasteiger partial charge in [0, 0.05) is 29.3 Å². The zero-order valence-corrected chi connectivity index (χ0v) is 15.1. The van der Waals surface area contributed by atoms with Gasteiger partial charge in [-0.2, -0.15) is 0 Å². The number of allylic oxidation sites excluding steroid dienone is 1. The van der Waals surface area contributed by atoms with Crippen molar-refractivity contribution in [3.05, 3.63) is 68.2 Å². The molecule has 0 unspecified atom stereocenters. The average Bonchev–Trinajstić information content (AvgIpc) is 2.65. The molecule has 0 aliphatic carbocycles. The Hall–Kier alpha value is -2.86. The van der Waals surface area contributed by atoms with Gasteiger partial charge >= 0.3 is 0 Å². The zero-order chi connectivity index (χ0) is 18.7. The van der Waals surface area contributed by atoms with E-state index >= 15 is 0 Å². The second-order valence-corrected chi connectivity index (χ2v) is 6.08. The highest BCUT2D eigenvalue weighted by Crippen LogP contribution is 2.33. The number of methoxy groups -OCH3 is 2. The largest absolute Gasteiger partial charge is 0.493 e. The summed E-state index contributed by atoms with van der Waals surface area (Å²) in [5.41, 5.74) is 3.39. The minimum absolute atomic E-state index is 0.00793. The number of fused-ring (bicyclic) bond motifs is 1. The summed E-state index contributed by atoms with van der Waals surface area (Å²) < 4.78 is 10.7. The first-order chi connectivity index (χ1) is 12.5. The Morgan fingerprint density at radius 3 is 2.58 bits per heavy atom. The lowest BCUT2D eigenvalue weighted by molar-refractivity contribution is -0.384. The van der Waals surface area contributed by atoms with E-state index < -0.39 is 4.92 Å². The van der Waals surface area contributed by atoms with Crippen molar-refractivity contribution < 1.29 is 14.4 Å². The number of ether oxygens (including phenoxy) is 2. The molecule has 6 nitrogen and oxygen atoms in total. The van der Waals surface area contributed by atoms with E-state index in [1.54, 1.807) is 20.3 Å². The topological polar surface area (TPSA) is 74.0 Å². The van der Waals surface area contributed by atoms with Crippen LogP contribution in [-0.2, 0) is 6.42 Å². The Balaban J connectivity index is 1.97. The van der Waals surface area contributed by atoms with Gasteiger partial charge in [-0.05, 0) is 41.8 Å². The van der Waals surface area contributed by atoms with E-state index in [1.807, 2.05) is 18.2 Å². The zero-order valence-electron chi connectivity index (χ0n) is 14.4. The van der Waals surface area contributed by atoms with Crippen LogP contribution < -0.4 is 9.47 Å². The molecule has 0 amide bonds. The first-order valence-electron chi connectivity index (χ1n) is 7.95. The number of benzene rings is 2. The minimum atomic E-state index is -0.446. The fourth-order valence-electron chi connectivity index (χ4n) is 2.83. The maximum Gasteiger partial charge on any atom is 0.270 e. The van der Waals surface area contributed by atoms with E-state index in [0.29, 0.717) is 28.6 Å². The van der Waals surface area contributed by atoms with Crippen LogP contribution in [0, 0.1) is 10.1 Å². The highest BCUT2D eigenvalue weighted by atomic mass is 35.5. The SMILES string of the molecule is COc1cc2c(cc1OC)C(/C=C\c1cc([N+](=O)[O-])ccc1Cl)=NCC2. The maximum absolute atomic E-state index is 11.0. The van der Waals surface area contributed by atoms with E-state index in [9.17, 15) is 10.1 Å². The van der Waals surface area contributed by atoms with E-state index in [4.69, 9.17) is 21.1 Å². The summed E-state index contributed by atoms with van der Waals surface area (Å²) in [6.07, 6.45) is 4.36. The molecule has 0 spiro atoms. The summed E-state index contributed by atoms with van der Waals surface area (Å²) in [6.45, 7) is 0.658. The van der Waals surface area contributed by atoms with Crippen LogP contribution in [0.4, 0.5) is 5.69 Å². The number of hydrogen-bond acceptors (Lipinski definition) is 5. The Morgan fingerprint density at radius 1 is 1.15 bits per heavy atom. The molecule has 1 aliphatic rings. The van der Waals surface area contributed by atoms with Gasteiger partial charge in [-0.25, -0.2) is 0 Å². The summed E-state index contributed by atoms with van der Waals surface area (Å²) in [5.74, 6) is 1.31. The van der Waals surface area contributed by atoms with Crippen LogP contribution in [0.25, 0.3) is 6.08 Å². The van der Waals surface area contributed by atoms with E-state index in [1.165, 1.54) is 18.2 Å². The molecule has 2 aromatic carbocycles. The van der Waals surface area contributed by atoms with Gasteiger partial charge in [-0.3, -0.25) is 15.1 Å². The molecule has 0 atom stereocenters. The van der Waals surface area contributed by atoms with Crippen molar-refractivity contribution >= 4 is 29.1 Å². The molecular weight excluding hydrogens is 356 g/mol. The molecule has 1 heterocycles. The minimum Gasteiger partial charge on any atom is -0.493 e.